The first-order valence-electron chi connectivity index (χ1n) is 8.06. The summed E-state index contributed by atoms with van der Waals surface area (Å²) in [6, 6.07) is 7.94. The average molecular weight is 312 g/mol. The predicted molar refractivity (Wildman–Crippen MR) is 93.1 cm³/mol. The van der Waals surface area contributed by atoms with E-state index in [0.717, 1.165) is 18.5 Å². The van der Waals surface area contributed by atoms with Crippen LogP contribution < -0.4 is 10.6 Å². The van der Waals surface area contributed by atoms with Gasteiger partial charge in [-0.1, -0.05) is 32.0 Å². The largest absolute Gasteiger partial charge is 0.349 e. The van der Waals surface area contributed by atoms with Crippen LogP contribution >= 0.6 is 0 Å². The van der Waals surface area contributed by atoms with Crippen LogP contribution in [0.4, 0.5) is 11.6 Å². The molecule has 0 bridgehead atoms. The number of aryl methyl sites for hydroxylation is 2. The fourth-order valence-corrected chi connectivity index (χ4v) is 2.40. The number of hydrogen-bond donors (Lipinski definition) is 2. The van der Waals surface area contributed by atoms with Crippen molar-refractivity contribution in [1.82, 2.24) is 15.3 Å². The molecule has 1 aromatic carbocycles. The number of nitrogens with one attached hydrogen (secondary N) is 2. The van der Waals surface area contributed by atoms with Crippen LogP contribution in [0, 0.1) is 0 Å². The van der Waals surface area contributed by atoms with Crippen molar-refractivity contribution in [3.05, 3.63) is 47.3 Å². The monoisotopic (exact) mass is 312 g/mol. The van der Waals surface area contributed by atoms with Crippen molar-refractivity contribution in [2.24, 2.45) is 0 Å². The second kappa shape index (κ2) is 7.72. The van der Waals surface area contributed by atoms with Crippen molar-refractivity contribution in [2.45, 2.75) is 46.6 Å². The van der Waals surface area contributed by atoms with Gasteiger partial charge in [-0.05, 0) is 43.9 Å². The molecule has 0 aliphatic heterocycles. The van der Waals surface area contributed by atoms with Gasteiger partial charge in [0.15, 0.2) is 0 Å². The van der Waals surface area contributed by atoms with Crippen molar-refractivity contribution in [1.29, 1.82) is 0 Å². The van der Waals surface area contributed by atoms with Crippen LogP contribution in [0.1, 0.15) is 49.3 Å². The standard InChI is InChI=1S/C18H24N4O/c1-5-13-8-7-9-14(6-2)16(13)22-18-19-11-10-15(21-18)17(23)20-12(3)4/h7-12H,5-6H2,1-4H3,(H,20,23)(H,19,21,22). The Labute approximate surface area is 137 Å². The van der Waals surface area contributed by atoms with Crippen LogP contribution in [0.15, 0.2) is 30.5 Å². The highest BCUT2D eigenvalue weighted by molar-refractivity contribution is 5.92. The molecule has 0 spiro atoms. The molecular formula is C18H24N4O. The minimum Gasteiger partial charge on any atom is -0.349 e. The molecule has 1 aromatic heterocycles. The van der Waals surface area contributed by atoms with E-state index in [4.69, 9.17) is 0 Å². The van der Waals surface area contributed by atoms with Crippen LogP contribution in [0.3, 0.4) is 0 Å². The van der Waals surface area contributed by atoms with E-state index in [1.165, 1.54) is 11.1 Å². The zero-order valence-electron chi connectivity index (χ0n) is 14.2. The lowest BCUT2D eigenvalue weighted by molar-refractivity contribution is 0.0938. The fourth-order valence-electron chi connectivity index (χ4n) is 2.40. The van der Waals surface area contributed by atoms with Crippen LogP contribution in [0.5, 0.6) is 0 Å². The fraction of sp³-hybridized carbons (Fsp3) is 0.389. The van der Waals surface area contributed by atoms with Crippen LogP contribution in [0.25, 0.3) is 0 Å². The molecular weight excluding hydrogens is 288 g/mol. The summed E-state index contributed by atoms with van der Waals surface area (Å²) in [5.74, 6) is 0.252. The van der Waals surface area contributed by atoms with Gasteiger partial charge in [-0.15, -0.1) is 0 Å². The average Bonchev–Trinajstić information content (AvgIpc) is 2.54. The minimum atomic E-state index is -0.190. The number of para-hydroxylation sites is 1. The van der Waals surface area contributed by atoms with E-state index in [2.05, 4.69) is 52.6 Å². The van der Waals surface area contributed by atoms with Gasteiger partial charge in [-0.3, -0.25) is 4.79 Å². The van der Waals surface area contributed by atoms with Gasteiger partial charge < -0.3 is 10.6 Å². The van der Waals surface area contributed by atoms with Gasteiger partial charge in [0, 0.05) is 17.9 Å². The molecule has 0 aliphatic carbocycles. The van der Waals surface area contributed by atoms with Crippen LogP contribution in [-0.4, -0.2) is 21.9 Å². The molecule has 5 nitrogen and oxygen atoms in total. The van der Waals surface area contributed by atoms with E-state index in [0.29, 0.717) is 11.6 Å². The number of benzene rings is 1. The van der Waals surface area contributed by atoms with E-state index >= 15 is 0 Å². The number of aromatic nitrogens is 2. The normalized spacial score (nSPS) is 10.7. The maximum Gasteiger partial charge on any atom is 0.270 e. The summed E-state index contributed by atoms with van der Waals surface area (Å²) in [7, 11) is 0. The molecule has 0 atom stereocenters. The smallest absolute Gasteiger partial charge is 0.270 e. The second-order valence-corrected chi connectivity index (χ2v) is 5.68. The van der Waals surface area contributed by atoms with Crippen molar-refractivity contribution in [3.8, 4) is 0 Å². The van der Waals surface area contributed by atoms with E-state index < -0.39 is 0 Å². The SMILES string of the molecule is CCc1cccc(CC)c1Nc1nccc(C(=O)NC(C)C)n1. The minimum absolute atomic E-state index is 0.0707. The summed E-state index contributed by atoms with van der Waals surface area (Å²) >= 11 is 0. The van der Waals surface area contributed by atoms with Gasteiger partial charge in [0.1, 0.15) is 5.69 Å². The molecule has 0 saturated heterocycles. The molecule has 0 fully saturated rings. The van der Waals surface area contributed by atoms with E-state index in [1.54, 1.807) is 12.3 Å². The summed E-state index contributed by atoms with van der Waals surface area (Å²) in [6.07, 6.45) is 3.44. The van der Waals surface area contributed by atoms with Crippen molar-refractivity contribution >= 4 is 17.5 Å². The number of nitrogens with zero attached hydrogens (tertiary/aromatic N) is 2. The molecule has 0 aliphatic rings. The third-order valence-electron chi connectivity index (χ3n) is 3.54. The number of carbonyl (C=O) groups excluding carboxylic acids is 1. The molecule has 1 heterocycles. The highest BCUT2D eigenvalue weighted by atomic mass is 16.1. The van der Waals surface area contributed by atoms with Crippen LogP contribution in [0.2, 0.25) is 0 Å². The third-order valence-corrected chi connectivity index (χ3v) is 3.54. The molecule has 0 unspecified atom stereocenters. The first-order chi connectivity index (χ1) is 11.0. The van der Waals surface area contributed by atoms with Gasteiger partial charge in [0.25, 0.3) is 5.91 Å². The summed E-state index contributed by atoms with van der Waals surface area (Å²) in [5.41, 5.74) is 3.83. The molecule has 5 heteroatoms. The first-order valence-corrected chi connectivity index (χ1v) is 8.06. The molecule has 0 radical (unpaired) electrons. The lowest BCUT2D eigenvalue weighted by Gasteiger charge is -2.14. The number of hydrogen-bond acceptors (Lipinski definition) is 4. The maximum absolute atomic E-state index is 12.1. The van der Waals surface area contributed by atoms with Crippen molar-refractivity contribution in [2.75, 3.05) is 5.32 Å². The Morgan fingerprint density at radius 3 is 2.35 bits per heavy atom. The Kier molecular flexibility index (Phi) is 5.68. The summed E-state index contributed by atoms with van der Waals surface area (Å²) < 4.78 is 0. The Bertz CT molecular complexity index is 660. The van der Waals surface area contributed by atoms with E-state index in [9.17, 15) is 4.79 Å². The number of amides is 1. The lowest BCUT2D eigenvalue weighted by atomic mass is 10.0. The van der Waals surface area contributed by atoms with Crippen LogP contribution in [-0.2, 0) is 12.8 Å². The first kappa shape index (κ1) is 16.9. The highest BCUT2D eigenvalue weighted by Gasteiger charge is 2.12. The van der Waals surface area contributed by atoms with Crippen molar-refractivity contribution < 1.29 is 4.79 Å². The molecule has 2 aromatic rings. The number of carbonyl (C=O) groups is 1. The zero-order valence-corrected chi connectivity index (χ0v) is 14.2. The molecule has 2 rings (SSSR count). The summed E-state index contributed by atoms with van der Waals surface area (Å²) in [4.78, 5) is 20.7. The van der Waals surface area contributed by atoms with Gasteiger partial charge in [-0.2, -0.15) is 0 Å². The molecule has 0 saturated carbocycles. The Balaban J connectivity index is 2.29. The van der Waals surface area contributed by atoms with Gasteiger partial charge >= 0.3 is 0 Å². The molecule has 23 heavy (non-hydrogen) atoms. The summed E-state index contributed by atoms with van der Waals surface area (Å²) in [5, 5.41) is 6.13. The van der Waals surface area contributed by atoms with E-state index in [-0.39, 0.29) is 11.9 Å². The molecule has 122 valence electrons. The predicted octanol–water partition coefficient (Wildman–Crippen LogP) is 3.48. The quantitative estimate of drug-likeness (QED) is 0.857. The second-order valence-electron chi connectivity index (χ2n) is 5.68. The lowest BCUT2D eigenvalue weighted by Crippen LogP contribution is -2.30. The van der Waals surface area contributed by atoms with E-state index in [1.807, 2.05) is 13.8 Å². The highest BCUT2D eigenvalue weighted by Crippen LogP contribution is 2.25. The maximum atomic E-state index is 12.1. The Morgan fingerprint density at radius 2 is 1.78 bits per heavy atom. The number of rotatable bonds is 6. The van der Waals surface area contributed by atoms with Gasteiger partial charge in [0.05, 0.1) is 0 Å². The van der Waals surface area contributed by atoms with Gasteiger partial charge in [-0.25, -0.2) is 9.97 Å². The molecule has 2 N–H and O–H groups in total. The zero-order chi connectivity index (χ0) is 16.8. The topological polar surface area (TPSA) is 66.9 Å². The van der Waals surface area contributed by atoms with Gasteiger partial charge in [0.2, 0.25) is 5.95 Å². The Morgan fingerprint density at radius 1 is 1.13 bits per heavy atom. The Hall–Kier alpha value is -2.43. The summed E-state index contributed by atoms with van der Waals surface area (Å²) in [6.45, 7) is 8.08. The molecule has 1 amide bonds. The number of anilines is 2. The van der Waals surface area contributed by atoms with Crippen molar-refractivity contribution in [3.63, 3.8) is 0 Å². The third kappa shape index (κ3) is 4.28.